The first-order chi connectivity index (χ1) is 9.04. The maximum Gasteiger partial charge on any atom is 0.254 e. The molecule has 0 saturated heterocycles. The highest BCUT2D eigenvalue weighted by Crippen LogP contribution is 2.31. The number of aromatic amines is 1. The van der Waals surface area contributed by atoms with Crippen molar-refractivity contribution < 1.29 is 4.74 Å². The fourth-order valence-corrected chi connectivity index (χ4v) is 2.18. The first-order valence-corrected chi connectivity index (χ1v) is 6.34. The van der Waals surface area contributed by atoms with Crippen molar-refractivity contribution in [3.63, 3.8) is 0 Å². The normalized spacial score (nSPS) is 10.8. The Bertz CT molecular complexity index is 650. The molecule has 0 atom stereocenters. The molecule has 1 N–H and O–H groups in total. The van der Waals surface area contributed by atoms with Crippen LogP contribution in [0.1, 0.15) is 25.3 Å². The van der Waals surface area contributed by atoms with Gasteiger partial charge in [0.2, 0.25) is 0 Å². The first-order valence-electron chi connectivity index (χ1n) is 5.96. The molecular weight excluding hydrogens is 264 g/mol. The summed E-state index contributed by atoms with van der Waals surface area (Å²) in [6, 6.07) is 5.36. The molecule has 0 aliphatic heterocycles. The van der Waals surface area contributed by atoms with Crippen LogP contribution in [-0.4, -0.2) is 17.1 Å². The molecule has 2 aromatic rings. The average molecular weight is 279 g/mol. The Labute approximate surface area is 116 Å². The van der Waals surface area contributed by atoms with Gasteiger partial charge in [-0.15, -0.1) is 0 Å². The minimum atomic E-state index is -0.117. The standard InChI is InChI=1S/C14H15ClN2O2/c1-8(2)12-13(16-7-17-14(12)18)9-4-5-10(15)11(6-9)19-3/h4-8H,1-3H3,(H,16,17,18). The lowest BCUT2D eigenvalue weighted by Crippen LogP contribution is -2.16. The van der Waals surface area contributed by atoms with Crippen LogP contribution in [0.3, 0.4) is 0 Å². The third-order valence-corrected chi connectivity index (χ3v) is 3.20. The summed E-state index contributed by atoms with van der Waals surface area (Å²) in [5, 5.41) is 0.530. The summed E-state index contributed by atoms with van der Waals surface area (Å²) in [5.74, 6) is 0.644. The van der Waals surface area contributed by atoms with E-state index in [1.54, 1.807) is 19.2 Å². The Kier molecular flexibility index (Phi) is 3.90. The Balaban J connectivity index is 2.65. The number of methoxy groups -OCH3 is 1. The third-order valence-electron chi connectivity index (χ3n) is 2.89. The summed E-state index contributed by atoms with van der Waals surface area (Å²) in [6.07, 6.45) is 1.41. The number of rotatable bonds is 3. The quantitative estimate of drug-likeness (QED) is 0.938. The molecule has 0 fully saturated rings. The zero-order valence-corrected chi connectivity index (χ0v) is 11.8. The summed E-state index contributed by atoms with van der Waals surface area (Å²) in [4.78, 5) is 18.8. The number of aromatic nitrogens is 2. The van der Waals surface area contributed by atoms with Gasteiger partial charge in [0.1, 0.15) is 5.75 Å². The van der Waals surface area contributed by atoms with Crippen molar-refractivity contribution >= 4 is 11.6 Å². The van der Waals surface area contributed by atoms with Crippen molar-refractivity contribution in [2.75, 3.05) is 7.11 Å². The smallest absolute Gasteiger partial charge is 0.254 e. The number of H-pyrrole nitrogens is 1. The molecule has 0 radical (unpaired) electrons. The molecule has 0 aliphatic rings. The van der Waals surface area contributed by atoms with Gasteiger partial charge in [-0.25, -0.2) is 4.98 Å². The summed E-state index contributed by atoms with van der Waals surface area (Å²) < 4.78 is 5.19. The molecule has 0 saturated carbocycles. The molecule has 4 nitrogen and oxygen atoms in total. The number of hydrogen-bond donors (Lipinski definition) is 1. The lowest BCUT2D eigenvalue weighted by atomic mass is 9.98. The van der Waals surface area contributed by atoms with Crippen molar-refractivity contribution in [2.24, 2.45) is 0 Å². The molecule has 0 bridgehead atoms. The number of hydrogen-bond acceptors (Lipinski definition) is 3. The van der Waals surface area contributed by atoms with Crippen molar-refractivity contribution in [3.8, 4) is 17.0 Å². The summed E-state index contributed by atoms with van der Waals surface area (Å²) in [6.45, 7) is 3.92. The molecule has 0 aliphatic carbocycles. The van der Waals surface area contributed by atoms with Gasteiger partial charge in [-0.3, -0.25) is 4.79 Å². The van der Waals surface area contributed by atoms with E-state index in [1.165, 1.54) is 6.33 Å². The van der Waals surface area contributed by atoms with Crippen LogP contribution in [0.15, 0.2) is 29.3 Å². The van der Waals surface area contributed by atoms with Crippen LogP contribution in [0.2, 0.25) is 5.02 Å². The van der Waals surface area contributed by atoms with E-state index in [1.807, 2.05) is 19.9 Å². The van der Waals surface area contributed by atoms with Gasteiger partial charge < -0.3 is 9.72 Å². The molecule has 0 unspecified atom stereocenters. The van der Waals surface area contributed by atoms with Gasteiger partial charge in [0, 0.05) is 11.1 Å². The highest BCUT2D eigenvalue weighted by molar-refractivity contribution is 6.32. The van der Waals surface area contributed by atoms with Crippen molar-refractivity contribution in [2.45, 2.75) is 19.8 Å². The average Bonchev–Trinajstić information content (AvgIpc) is 2.38. The number of halogens is 1. The molecule has 100 valence electrons. The molecular formula is C14H15ClN2O2. The zero-order chi connectivity index (χ0) is 14.0. The monoisotopic (exact) mass is 278 g/mol. The van der Waals surface area contributed by atoms with Crippen LogP contribution in [0, 0.1) is 0 Å². The van der Waals surface area contributed by atoms with Crippen molar-refractivity contribution in [1.29, 1.82) is 0 Å². The maximum absolute atomic E-state index is 11.9. The van der Waals surface area contributed by atoms with E-state index >= 15 is 0 Å². The van der Waals surface area contributed by atoms with E-state index in [0.29, 0.717) is 22.0 Å². The third kappa shape index (κ3) is 2.63. The second-order valence-electron chi connectivity index (χ2n) is 4.50. The Hall–Kier alpha value is -1.81. The van der Waals surface area contributed by atoms with E-state index in [0.717, 1.165) is 5.56 Å². The molecule has 1 heterocycles. The second kappa shape index (κ2) is 5.45. The van der Waals surface area contributed by atoms with Crippen LogP contribution in [0.5, 0.6) is 5.75 Å². The number of nitrogens with one attached hydrogen (secondary N) is 1. The minimum absolute atomic E-state index is 0.0779. The maximum atomic E-state index is 11.9. The van der Waals surface area contributed by atoms with Gasteiger partial charge in [0.25, 0.3) is 5.56 Å². The van der Waals surface area contributed by atoms with Gasteiger partial charge in [0.15, 0.2) is 0 Å². The highest BCUT2D eigenvalue weighted by atomic mass is 35.5. The predicted molar refractivity (Wildman–Crippen MR) is 75.9 cm³/mol. The summed E-state index contributed by atoms with van der Waals surface area (Å²) in [7, 11) is 1.56. The van der Waals surface area contributed by atoms with Crippen LogP contribution < -0.4 is 10.3 Å². The summed E-state index contributed by atoms with van der Waals surface area (Å²) in [5.41, 5.74) is 2.02. The number of benzene rings is 1. The lowest BCUT2D eigenvalue weighted by Gasteiger charge is -2.11. The predicted octanol–water partition coefficient (Wildman–Crippen LogP) is 3.22. The Morgan fingerprint density at radius 3 is 2.74 bits per heavy atom. The molecule has 19 heavy (non-hydrogen) atoms. The van der Waals surface area contributed by atoms with Gasteiger partial charge in [-0.05, 0) is 18.1 Å². The topological polar surface area (TPSA) is 55.0 Å². The minimum Gasteiger partial charge on any atom is -0.495 e. The van der Waals surface area contributed by atoms with Crippen LogP contribution in [-0.2, 0) is 0 Å². The second-order valence-corrected chi connectivity index (χ2v) is 4.91. The molecule has 5 heteroatoms. The van der Waals surface area contributed by atoms with Crippen LogP contribution in [0.4, 0.5) is 0 Å². The molecule has 1 aromatic carbocycles. The highest BCUT2D eigenvalue weighted by Gasteiger charge is 2.15. The van der Waals surface area contributed by atoms with E-state index in [9.17, 15) is 4.79 Å². The van der Waals surface area contributed by atoms with Crippen LogP contribution >= 0.6 is 11.6 Å². The van der Waals surface area contributed by atoms with Crippen molar-refractivity contribution in [1.82, 2.24) is 9.97 Å². The first kappa shape index (κ1) is 13.6. The van der Waals surface area contributed by atoms with Gasteiger partial charge >= 0.3 is 0 Å². The van der Waals surface area contributed by atoms with E-state index in [-0.39, 0.29) is 11.5 Å². The number of ether oxygens (including phenoxy) is 1. The van der Waals surface area contributed by atoms with E-state index < -0.39 is 0 Å². The van der Waals surface area contributed by atoms with Crippen LogP contribution in [0.25, 0.3) is 11.3 Å². The SMILES string of the molecule is COc1cc(-c2nc[nH]c(=O)c2C(C)C)ccc1Cl. The molecule has 0 amide bonds. The van der Waals surface area contributed by atoms with Gasteiger partial charge in [-0.2, -0.15) is 0 Å². The van der Waals surface area contributed by atoms with Gasteiger partial charge in [-0.1, -0.05) is 31.5 Å². The van der Waals surface area contributed by atoms with E-state index in [4.69, 9.17) is 16.3 Å². The largest absolute Gasteiger partial charge is 0.495 e. The summed E-state index contributed by atoms with van der Waals surface area (Å²) >= 11 is 6.00. The van der Waals surface area contributed by atoms with Crippen molar-refractivity contribution in [3.05, 3.63) is 45.5 Å². The number of nitrogens with zero attached hydrogens (tertiary/aromatic N) is 1. The molecule has 1 aromatic heterocycles. The van der Waals surface area contributed by atoms with E-state index in [2.05, 4.69) is 9.97 Å². The fraction of sp³-hybridized carbons (Fsp3) is 0.286. The molecule has 0 spiro atoms. The molecule has 2 rings (SSSR count). The Morgan fingerprint density at radius 1 is 1.37 bits per heavy atom. The zero-order valence-electron chi connectivity index (χ0n) is 11.0. The Morgan fingerprint density at radius 2 is 2.11 bits per heavy atom. The lowest BCUT2D eigenvalue weighted by molar-refractivity contribution is 0.415. The van der Waals surface area contributed by atoms with Gasteiger partial charge in [0.05, 0.1) is 24.2 Å². The fourth-order valence-electron chi connectivity index (χ4n) is 1.98.